The van der Waals surface area contributed by atoms with Gasteiger partial charge in [0.1, 0.15) is 5.76 Å². The van der Waals surface area contributed by atoms with Crippen LogP contribution in [0.25, 0.3) is 0 Å². The van der Waals surface area contributed by atoms with Crippen LogP contribution in [0.4, 0.5) is 10.5 Å². The third kappa shape index (κ3) is 3.23. The van der Waals surface area contributed by atoms with Crippen LogP contribution in [0.1, 0.15) is 59.8 Å². The summed E-state index contributed by atoms with van der Waals surface area (Å²) < 4.78 is 33.2. The van der Waals surface area contributed by atoms with E-state index < -0.39 is 16.1 Å². The van der Waals surface area contributed by atoms with Crippen molar-refractivity contribution in [2.75, 3.05) is 5.32 Å². The maximum atomic E-state index is 12.8. The van der Waals surface area contributed by atoms with Gasteiger partial charge in [0, 0.05) is 29.4 Å². The number of benzene rings is 1. The molecule has 2 aromatic rings. The number of urea groups is 1. The lowest BCUT2D eigenvalue weighted by Crippen LogP contribution is -2.34. The lowest BCUT2D eigenvalue weighted by molar-refractivity contribution is 0.256. The molecule has 1 unspecified atom stereocenters. The van der Waals surface area contributed by atoms with Crippen LogP contribution in [0.2, 0.25) is 0 Å². The summed E-state index contributed by atoms with van der Waals surface area (Å²) in [6.07, 6.45) is 7.07. The highest BCUT2D eigenvalue weighted by Gasteiger charge is 2.31. The van der Waals surface area contributed by atoms with Gasteiger partial charge in [-0.2, -0.15) is 8.42 Å². The van der Waals surface area contributed by atoms with Crippen molar-refractivity contribution >= 4 is 27.5 Å². The summed E-state index contributed by atoms with van der Waals surface area (Å²) >= 11 is 0. The Morgan fingerprint density at radius 2 is 1.73 bits per heavy atom. The van der Waals surface area contributed by atoms with E-state index in [-0.39, 0.29) is 11.0 Å². The predicted octanol–water partition coefficient (Wildman–Crippen LogP) is 3.72. The van der Waals surface area contributed by atoms with Crippen molar-refractivity contribution in [1.29, 1.82) is 5.41 Å². The minimum absolute atomic E-state index is 0.227. The molecular weight excluding hydrogens is 402 g/mol. The second-order valence-electron chi connectivity index (χ2n) is 8.69. The molecule has 3 N–H and O–H groups in total. The zero-order valence-corrected chi connectivity index (χ0v) is 17.7. The van der Waals surface area contributed by atoms with Gasteiger partial charge < -0.3 is 15.1 Å². The van der Waals surface area contributed by atoms with Crippen molar-refractivity contribution in [1.82, 2.24) is 4.72 Å². The number of carbonyl (C=O) groups is 1. The molecule has 30 heavy (non-hydrogen) atoms. The molecule has 3 aliphatic rings. The Labute approximate surface area is 175 Å². The quantitative estimate of drug-likeness (QED) is 0.693. The molecule has 1 aromatic carbocycles. The van der Waals surface area contributed by atoms with E-state index in [1.807, 2.05) is 6.92 Å². The standard InChI is InChI=1S/C22H25N3O4S/c1-12-8-18(23)17-11-20(29-19(17)9-12)30(27,28)25-22(26)24-21-15-6-2-4-13(15)10-14-5-3-7-16(14)21/h10-12,23H,2-9H2,1H3,(H2,24,25,26). The maximum absolute atomic E-state index is 12.8. The van der Waals surface area contributed by atoms with Crippen molar-refractivity contribution in [3.8, 4) is 0 Å². The number of rotatable bonds is 3. The third-order valence-electron chi connectivity index (χ3n) is 6.40. The fraction of sp³-hybridized carbons (Fsp3) is 0.455. The molecule has 0 saturated heterocycles. The number of hydrogen-bond acceptors (Lipinski definition) is 5. The van der Waals surface area contributed by atoms with E-state index >= 15 is 0 Å². The molecule has 0 spiro atoms. The van der Waals surface area contributed by atoms with Crippen LogP contribution in [0.15, 0.2) is 21.6 Å². The molecule has 7 nitrogen and oxygen atoms in total. The molecule has 158 valence electrons. The lowest BCUT2D eigenvalue weighted by Gasteiger charge is -2.17. The van der Waals surface area contributed by atoms with E-state index in [1.54, 1.807) is 0 Å². The zero-order valence-electron chi connectivity index (χ0n) is 16.9. The highest BCUT2D eigenvalue weighted by atomic mass is 32.2. The number of fused-ring (bicyclic) bond motifs is 3. The highest BCUT2D eigenvalue weighted by molar-refractivity contribution is 7.89. The number of anilines is 1. The van der Waals surface area contributed by atoms with Crippen LogP contribution in [-0.4, -0.2) is 20.2 Å². The van der Waals surface area contributed by atoms with E-state index in [9.17, 15) is 13.2 Å². The summed E-state index contributed by atoms with van der Waals surface area (Å²) in [7, 11) is -4.17. The van der Waals surface area contributed by atoms with E-state index in [2.05, 4.69) is 16.1 Å². The van der Waals surface area contributed by atoms with Gasteiger partial charge in [-0.3, -0.25) is 0 Å². The Morgan fingerprint density at radius 1 is 1.07 bits per heavy atom. The second-order valence-corrected chi connectivity index (χ2v) is 10.3. The summed E-state index contributed by atoms with van der Waals surface area (Å²) in [5.41, 5.74) is 6.49. The van der Waals surface area contributed by atoms with Gasteiger partial charge in [0.15, 0.2) is 0 Å². The molecule has 1 heterocycles. The Morgan fingerprint density at radius 3 is 2.40 bits per heavy atom. The van der Waals surface area contributed by atoms with Crippen LogP contribution in [-0.2, 0) is 42.1 Å². The number of furan rings is 1. The minimum Gasteiger partial charge on any atom is -0.447 e. The van der Waals surface area contributed by atoms with Crippen molar-refractivity contribution in [3.05, 3.63) is 45.7 Å². The van der Waals surface area contributed by atoms with Crippen molar-refractivity contribution in [2.45, 2.75) is 63.4 Å². The smallest absolute Gasteiger partial charge is 0.333 e. The average molecular weight is 428 g/mol. The van der Waals surface area contributed by atoms with Gasteiger partial charge in [-0.25, -0.2) is 9.52 Å². The summed E-state index contributed by atoms with van der Waals surface area (Å²) in [4.78, 5) is 12.7. The number of amides is 2. The second kappa shape index (κ2) is 6.97. The van der Waals surface area contributed by atoms with Gasteiger partial charge in [0.05, 0.1) is 0 Å². The van der Waals surface area contributed by atoms with Crippen molar-refractivity contribution in [2.24, 2.45) is 5.92 Å². The molecular formula is C22H25N3O4S. The zero-order chi connectivity index (χ0) is 21.0. The molecule has 0 aliphatic heterocycles. The monoisotopic (exact) mass is 427 g/mol. The minimum atomic E-state index is -4.17. The van der Waals surface area contributed by atoms with Gasteiger partial charge in [-0.05, 0) is 73.1 Å². The number of hydrogen-bond donors (Lipinski definition) is 3. The van der Waals surface area contributed by atoms with E-state index in [1.165, 1.54) is 17.2 Å². The third-order valence-corrected chi connectivity index (χ3v) is 7.59. The molecule has 1 aromatic heterocycles. The van der Waals surface area contributed by atoms with Crippen molar-refractivity contribution in [3.63, 3.8) is 0 Å². The first kappa shape index (κ1) is 19.4. The fourth-order valence-electron chi connectivity index (χ4n) is 5.07. The first-order chi connectivity index (χ1) is 14.3. The molecule has 1 atom stereocenters. The molecule has 0 fully saturated rings. The normalized spacial score (nSPS) is 19.9. The van der Waals surface area contributed by atoms with Gasteiger partial charge in [0.25, 0.3) is 10.0 Å². The number of carbonyl (C=O) groups excluding carboxylic acids is 1. The Hall–Kier alpha value is -2.61. The number of aryl methyl sites for hydroxylation is 2. The molecule has 3 aliphatic carbocycles. The Balaban J connectivity index is 1.39. The molecule has 0 radical (unpaired) electrons. The van der Waals surface area contributed by atoms with Gasteiger partial charge in [0.2, 0.25) is 5.09 Å². The van der Waals surface area contributed by atoms with Crippen LogP contribution >= 0.6 is 0 Å². The summed E-state index contributed by atoms with van der Waals surface area (Å²) in [6, 6.07) is 2.84. The van der Waals surface area contributed by atoms with Gasteiger partial charge >= 0.3 is 6.03 Å². The first-order valence-corrected chi connectivity index (χ1v) is 12.0. The van der Waals surface area contributed by atoms with Crippen LogP contribution in [0, 0.1) is 11.3 Å². The topological polar surface area (TPSA) is 112 Å². The largest absolute Gasteiger partial charge is 0.447 e. The average Bonchev–Trinajstić information content (AvgIpc) is 3.39. The van der Waals surface area contributed by atoms with E-state index in [0.717, 1.165) is 55.3 Å². The van der Waals surface area contributed by atoms with Crippen LogP contribution < -0.4 is 10.0 Å². The predicted molar refractivity (Wildman–Crippen MR) is 113 cm³/mol. The van der Waals surface area contributed by atoms with Crippen LogP contribution in [0.5, 0.6) is 0 Å². The van der Waals surface area contributed by atoms with Crippen LogP contribution in [0.3, 0.4) is 0 Å². The Bertz CT molecular complexity index is 1150. The summed E-state index contributed by atoms with van der Waals surface area (Å²) in [5, 5.41) is 10.6. The van der Waals surface area contributed by atoms with E-state index in [0.29, 0.717) is 29.9 Å². The molecule has 5 rings (SSSR count). The molecule has 0 saturated carbocycles. The van der Waals surface area contributed by atoms with Gasteiger partial charge in [-0.15, -0.1) is 0 Å². The van der Waals surface area contributed by atoms with E-state index in [4.69, 9.17) is 9.83 Å². The molecule has 0 bridgehead atoms. The summed E-state index contributed by atoms with van der Waals surface area (Å²) in [5.74, 6) is 0.725. The molecule has 8 heteroatoms. The van der Waals surface area contributed by atoms with Gasteiger partial charge in [-0.1, -0.05) is 13.0 Å². The SMILES string of the molecule is CC1CC(=N)c2cc(S(=O)(=O)NC(=O)Nc3c4c(cc5c3CCC5)CCC4)oc2C1. The fourth-order valence-corrected chi connectivity index (χ4v) is 5.95. The maximum Gasteiger partial charge on any atom is 0.333 e. The van der Waals surface area contributed by atoms with Crippen molar-refractivity contribution < 1.29 is 17.6 Å². The number of sulfonamides is 1. The highest BCUT2D eigenvalue weighted by Crippen LogP contribution is 2.38. The first-order valence-electron chi connectivity index (χ1n) is 10.5. The Kier molecular flexibility index (Phi) is 4.50. The molecule has 2 amide bonds. The summed E-state index contributed by atoms with van der Waals surface area (Å²) in [6.45, 7) is 2.00. The number of nitrogens with one attached hydrogen (secondary N) is 3. The lowest BCUT2D eigenvalue weighted by atomic mass is 9.88.